The Hall–Kier alpha value is -1.70. The zero-order valence-corrected chi connectivity index (χ0v) is 18.6. The second-order valence-corrected chi connectivity index (χ2v) is 8.78. The molecule has 2 rings (SSSR count). The average Bonchev–Trinajstić information content (AvgIpc) is 2.70. The highest BCUT2D eigenvalue weighted by Crippen LogP contribution is 2.35. The summed E-state index contributed by atoms with van der Waals surface area (Å²) in [6.07, 6.45) is 4.09. The minimum absolute atomic E-state index is 0.165. The largest absolute Gasteiger partial charge is 0.480 e. The lowest BCUT2D eigenvalue weighted by Gasteiger charge is -2.31. The van der Waals surface area contributed by atoms with E-state index in [1.165, 1.54) is 13.0 Å². The highest BCUT2D eigenvalue weighted by molar-refractivity contribution is 7.99. The first-order valence-electron chi connectivity index (χ1n) is 9.35. The number of halogens is 2. The van der Waals surface area contributed by atoms with E-state index in [-0.39, 0.29) is 17.7 Å². The van der Waals surface area contributed by atoms with Gasteiger partial charge < -0.3 is 15.3 Å². The summed E-state index contributed by atoms with van der Waals surface area (Å²) in [6.45, 7) is 4.32. The van der Waals surface area contributed by atoms with Gasteiger partial charge in [0.25, 0.3) is 0 Å². The molecule has 0 aromatic heterocycles. The van der Waals surface area contributed by atoms with Gasteiger partial charge in [0.05, 0.1) is 10.0 Å². The molecule has 9 heteroatoms. The minimum Gasteiger partial charge on any atom is -0.480 e. The molecule has 0 bridgehead atoms. The smallest absolute Gasteiger partial charge is 0.325 e. The van der Waals surface area contributed by atoms with Crippen LogP contribution < -0.4 is 5.32 Å². The lowest BCUT2D eigenvalue weighted by Crippen LogP contribution is -2.46. The van der Waals surface area contributed by atoms with Crippen LogP contribution in [0.3, 0.4) is 0 Å². The third-order valence-corrected chi connectivity index (χ3v) is 6.64. The summed E-state index contributed by atoms with van der Waals surface area (Å²) < 4.78 is 0. The Morgan fingerprint density at radius 1 is 1.28 bits per heavy atom. The zero-order chi connectivity index (χ0) is 21.6. The van der Waals surface area contributed by atoms with Crippen LogP contribution in [0.1, 0.15) is 32.3 Å². The van der Waals surface area contributed by atoms with E-state index in [0.29, 0.717) is 41.5 Å². The quantitative estimate of drug-likeness (QED) is 0.477. The monoisotopic (exact) mass is 458 g/mol. The van der Waals surface area contributed by atoms with Crippen LogP contribution >= 0.6 is 35.0 Å². The second-order valence-electron chi connectivity index (χ2n) is 6.72. The predicted octanol–water partition coefficient (Wildman–Crippen LogP) is 3.95. The van der Waals surface area contributed by atoms with Gasteiger partial charge in [-0.2, -0.15) is 0 Å². The van der Waals surface area contributed by atoms with Crippen molar-refractivity contribution in [2.75, 3.05) is 18.8 Å². The molecule has 0 spiro atoms. The van der Waals surface area contributed by atoms with Gasteiger partial charge in [0.15, 0.2) is 0 Å². The number of carboxylic acid groups (broad SMARTS) is 1. The standard InChI is InChI=1S/C20H24Cl2N2O4S/c1-3-29-15-6-4-13(17(21)18(15)22)5-7-16(25)24-10-8-14(9-11-24)19(26)23-12(2)20(27)28/h4-7,12,14H,3,8-11H2,1-2H3,(H,23,26)(H,27,28)/b7-5+. The maximum absolute atomic E-state index is 12.5. The number of benzene rings is 1. The molecule has 6 nitrogen and oxygen atoms in total. The first kappa shape index (κ1) is 23.6. The summed E-state index contributed by atoms with van der Waals surface area (Å²) in [5.74, 6) is -0.929. The molecule has 29 heavy (non-hydrogen) atoms. The summed E-state index contributed by atoms with van der Waals surface area (Å²) in [6, 6.07) is 2.79. The number of rotatable bonds is 7. The van der Waals surface area contributed by atoms with Gasteiger partial charge in [-0.3, -0.25) is 14.4 Å². The van der Waals surface area contributed by atoms with Crippen molar-refractivity contribution in [3.8, 4) is 0 Å². The van der Waals surface area contributed by atoms with Gasteiger partial charge >= 0.3 is 5.97 Å². The maximum atomic E-state index is 12.5. The molecule has 0 saturated carbocycles. The van der Waals surface area contributed by atoms with Gasteiger partial charge in [-0.1, -0.05) is 36.2 Å². The number of carbonyl (C=O) groups excluding carboxylic acids is 2. The van der Waals surface area contributed by atoms with E-state index < -0.39 is 12.0 Å². The Bertz CT molecular complexity index is 808. The number of hydrogen-bond acceptors (Lipinski definition) is 4. The van der Waals surface area contributed by atoms with Crippen LogP contribution in [0.4, 0.5) is 0 Å². The number of hydrogen-bond donors (Lipinski definition) is 2. The van der Waals surface area contributed by atoms with Crippen LogP contribution in [0.25, 0.3) is 6.08 Å². The number of carbonyl (C=O) groups is 3. The van der Waals surface area contributed by atoms with Gasteiger partial charge in [-0.25, -0.2) is 0 Å². The Balaban J connectivity index is 1.92. The molecule has 1 heterocycles. The number of thioether (sulfide) groups is 1. The first-order valence-corrected chi connectivity index (χ1v) is 11.1. The molecular weight excluding hydrogens is 435 g/mol. The molecule has 2 amide bonds. The number of nitrogens with zero attached hydrogens (tertiary/aromatic N) is 1. The molecule has 1 saturated heterocycles. The SMILES string of the molecule is CCSc1ccc(/C=C/C(=O)N2CCC(C(=O)NC(C)C(=O)O)CC2)c(Cl)c1Cl. The fraction of sp³-hybridized carbons (Fsp3) is 0.450. The average molecular weight is 459 g/mol. The van der Waals surface area contributed by atoms with Gasteiger partial charge in [-0.05, 0) is 43.2 Å². The molecule has 1 unspecified atom stereocenters. The highest BCUT2D eigenvalue weighted by atomic mass is 35.5. The Morgan fingerprint density at radius 2 is 1.93 bits per heavy atom. The van der Waals surface area contributed by atoms with Crippen LogP contribution in [0.2, 0.25) is 10.0 Å². The number of likely N-dealkylation sites (tertiary alicyclic amines) is 1. The topological polar surface area (TPSA) is 86.7 Å². The number of nitrogens with one attached hydrogen (secondary N) is 1. The third kappa shape index (κ3) is 6.39. The lowest BCUT2D eigenvalue weighted by atomic mass is 9.95. The molecule has 1 atom stereocenters. The predicted molar refractivity (Wildman–Crippen MR) is 116 cm³/mol. The van der Waals surface area contributed by atoms with Gasteiger partial charge in [0.2, 0.25) is 11.8 Å². The summed E-state index contributed by atoms with van der Waals surface area (Å²) in [4.78, 5) is 38.0. The normalized spacial score (nSPS) is 16.1. The summed E-state index contributed by atoms with van der Waals surface area (Å²) >= 11 is 14.2. The van der Waals surface area contributed by atoms with Crippen molar-refractivity contribution < 1.29 is 19.5 Å². The number of piperidine rings is 1. The second kappa shape index (κ2) is 10.9. The highest BCUT2D eigenvalue weighted by Gasteiger charge is 2.28. The van der Waals surface area contributed by atoms with Crippen LogP contribution in [-0.4, -0.2) is 52.7 Å². The fourth-order valence-electron chi connectivity index (χ4n) is 2.96. The van der Waals surface area contributed by atoms with E-state index in [0.717, 1.165) is 10.6 Å². The van der Waals surface area contributed by atoms with Crippen LogP contribution in [0.15, 0.2) is 23.1 Å². The van der Waals surface area contributed by atoms with Crippen molar-refractivity contribution in [3.63, 3.8) is 0 Å². The number of aliphatic carboxylic acids is 1. The molecule has 158 valence electrons. The zero-order valence-electron chi connectivity index (χ0n) is 16.3. The molecular formula is C20H24Cl2N2O4S. The van der Waals surface area contributed by atoms with Crippen LogP contribution in [0, 0.1) is 5.92 Å². The molecule has 1 aliphatic rings. The van der Waals surface area contributed by atoms with Crippen molar-refractivity contribution in [2.45, 2.75) is 37.6 Å². The molecule has 1 fully saturated rings. The Morgan fingerprint density at radius 3 is 2.52 bits per heavy atom. The molecule has 0 aliphatic carbocycles. The molecule has 1 aromatic carbocycles. The van der Waals surface area contributed by atoms with E-state index in [1.807, 2.05) is 19.1 Å². The van der Waals surface area contributed by atoms with Crippen molar-refractivity contribution in [1.82, 2.24) is 10.2 Å². The molecule has 0 radical (unpaired) electrons. The Kier molecular flexibility index (Phi) is 8.86. The first-order chi connectivity index (χ1) is 13.7. The van der Waals surface area contributed by atoms with E-state index in [4.69, 9.17) is 28.3 Å². The van der Waals surface area contributed by atoms with Crippen molar-refractivity contribution in [3.05, 3.63) is 33.8 Å². The van der Waals surface area contributed by atoms with Crippen molar-refractivity contribution in [2.24, 2.45) is 5.92 Å². The van der Waals surface area contributed by atoms with Crippen molar-refractivity contribution >= 4 is 58.8 Å². The number of amides is 2. The van der Waals surface area contributed by atoms with Crippen LogP contribution in [-0.2, 0) is 14.4 Å². The van der Waals surface area contributed by atoms with Crippen molar-refractivity contribution in [1.29, 1.82) is 0 Å². The lowest BCUT2D eigenvalue weighted by molar-refractivity contribution is -0.142. The molecule has 2 N–H and O–H groups in total. The molecule has 1 aliphatic heterocycles. The van der Waals surface area contributed by atoms with Gasteiger partial charge in [0, 0.05) is 30.0 Å². The third-order valence-electron chi connectivity index (χ3n) is 4.69. The number of carboxylic acids is 1. The van der Waals surface area contributed by atoms with E-state index in [2.05, 4.69) is 5.32 Å². The maximum Gasteiger partial charge on any atom is 0.325 e. The summed E-state index contributed by atoms with van der Waals surface area (Å²) in [5.41, 5.74) is 0.669. The molecule has 1 aromatic rings. The van der Waals surface area contributed by atoms with E-state index in [1.54, 1.807) is 22.7 Å². The van der Waals surface area contributed by atoms with Gasteiger partial charge in [-0.15, -0.1) is 11.8 Å². The minimum atomic E-state index is -1.07. The van der Waals surface area contributed by atoms with E-state index >= 15 is 0 Å². The summed E-state index contributed by atoms with van der Waals surface area (Å²) in [5, 5.41) is 12.3. The Labute approximate surface area is 184 Å². The van der Waals surface area contributed by atoms with Crippen LogP contribution in [0.5, 0.6) is 0 Å². The fourth-order valence-corrected chi connectivity index (χ4v) is 4.29. The summed E-state index contributed by atoms with van der Waals surface area (Å²) in [7, 11) is 0. The van der Waals surface area contributed by atoms with E-state index in [9.17, 15) is 14.4 Å². The van der Waals surface area contributed by atoms with Gasteiger partial charge in [0.1, 0.15) is 6.04 Å².